The van der Waals surface area contributed by atoms with E-state index >= 15 is 0 Å². The maximum Gasteiger partial charge on any atom is 0.338 e. The molecule has 0 bridgehead atoms. The lowest BCUT2D eigenvalue weighted by Gasteiger charge is -2.34. The molecule has 0 spiro atoms. The Labute approximate surface area is 438 Å². The average molecular weight is 987 g/mol. The van der Waals surface area contributed by atoms with Gasteiger partial charge in [0.25, 0.3) is 0 Å². The summed E-state index contributed by atoms with van der Waals surface area (Å²) in [5.74, 6) is 5.35. The Morgan fingerprint density at radius 3 is 1.19 bits per heavy atom. The van der Waals surface area contributed by atoms with E-state index in [1.165, 1.54) is 0 Å². The van der Waals surface area contributed by atoms with E-state index < -0.39 is 17.4 Å². The molecule has 8 aromatic rings. The van der Waals surface area contributed by atoms with Gasteiger partial charge in [-0.15, -0.1) is 12.8 Å². The summed E-state index contributed by atoms with van der Waals surface area (Å²) in [7, 11) is 0. The molecule has 75 heavy (non-hydrogen) atoms. The fourth-order valence-electron chi connectivity index (χ4n) is 9.61. The van der Waals surface area contributed by atoms with Crippen LogP contribution in [-0.4, -0.2) is 36.7 Å². The molecule has 0 saturated carbocycles. The third-order valence-electron chi connectivity index (χ3n) is 13.5. The van der Waals surface area contributed by atoms with E-state index in [0.29, 0.717) is 47.0 Å². The minimum absolute atomic E-state index is 0.0491. The number of ketones is 2. The minimum atomic E-state index is -0.764. The van der Waals surface area contributed by atoms with Crippen molar-refractivity contribution in [2.75, 3.05) is 13.2 Å². The van der Waals surface area contributed by atoms with Gasteiger partial charge in [0, 0.05) is 35.1 Å². The first-order valence-electron chi connectivity index (χ1n) is 25.2. The van der Waals surface area contributed by atoms with Crippen LogP contribution in [0.4, 0.5) is 0 Å². The molecule has 0 unspecified atom stereocenters. The zero-order valence-electron chi connectivity index (χ0n) is 41.9. The lowest BCUT2D eigenvalue weighted by molar-refractivity contribution is 0.0488. The predicted molar refractivity (Wildman–Crippen MR) is 292 cm³/mol. The number of hydrogen-bond donors (Lipinski definition) is 0. The fourth-order valence-corrected chi connectivity index (χ4v) is 9.61. The van der Waals surface area contributed by atoms with Gasteiger partial charge >= 0.3 is 11.9 Å². The quantitative estimate of drug-likeness (QED) is 0.0322. The Kier molecular flexibility index (Phi) is 15.6. The maximum absolute atomic E-state index is 13.9. The molecular weight excluding hydrogens is 933 g/mol. The summed E-state index contributed by atoms with van der Waals surface area (Å²) in [6.07, 6.45) is 14.3. The highest BCUT2D eigenvalue weighted by Gasteiger charge is 2.46. The lowest BCUT2D eigenvalue weighted by atomic mass is 9.68. The zero-order chi connectivity index (χ0) is 52.3. The van der Waals surface area contributed by atoms with Gasteiger partial charge in [-0.3, -0.25) is 9.59 Å². The molecule has 0 N–H and O–H groups in total. The molecule has 8 nitrogen and oxygen atoms in total. The van der Waals surface area contributed by atoms with Crippen molar-refractivity contribution in [3.05, 3.63) is 249 Å². The summed E-state index contributed by atoms with van der Waals surface area (Å²) in [5, 5.41) is 0. The fraction of sp³-hybridized carbons (Fsp3) is 0.164. The second-order valence-corrected chi connectivity index (χ2v) is 18.4. The number of carbonyl (C=O) groups excluding carboxylic acids is 4. The molecule has 0 saturated heterocycles. The maximum atomic E-state index is 13.9. The highest BCUT2D eigenvalue weighted by molar-refractivity contribution is 6.08. The van der Waals surface area contributed by atoms with E-state index in [1.807, 2.05) is 74.5 Å². The topological polar surface area (TPSA) is 105 Å². The highest BCUT2D eigenvalue weighted by Crippen LogP contribution is 2.56. The summed E-state index contributed by atoms with van der Waals surface area (Å²) >= 11 is 0. The second-order valence-electron chi connectivity index (χ2n) is 18.4. The van der Waals surface area contributed by atoms with Crippen molar-refractivity contribution in [1.82, 2.24) is 0 Å². The molecule has 0 fully saturated rings. The normalized spacial score (nSPS) is 11.8. The Morgan fingerprint density at radius 1 is 0.440 bits per heavy atom. The van der Waals surface area contributed by atoms with Gasteiger partial charge in [-0.25, -0.2) is 9.59 Å². The number of rotatable bonds is 20. The van der Waals surface area contributed by atoms with Crippen molar-refractivity contribution < 1.29 is 38.1 Å². The Hall–Kier alpha value is -9.24. The summed E-state index contributed by atoms with van der Waals surface area (Å²) in [4.78, 5) is 54.5. The molecule has 9 rings (SSSR count). The first kappa shape index (κ1) is 50.7. The number of unbranched alkanes of at least 4 members (excludes halogenated alkanes) is 2. The highest BCUT2D eigenvalue weighted by atomic mass is 16.5. The molecule has 0 radical (unpaired) electrons. The van der Waals surface area contributed by atoms with Gasteiger partial charge in [-0.1, -0.05) is 136 Å². The van der Waals surface area contributed by atoms with Crippen LogP contribution in [-0.2, 0) is 27.7 Å². The van der Waals surface area contributed by atoms with E-state index in [0.717, 1.165) is 57.3 Å². The number of terminal acetylenes is 2. The minimum Gasteiger partial charge on any atom is -0.462 e. The first-order valence-corrected chi connectivity index (χ1v) is 25.2. The van der Waals surface area contributed by atoms with E-state index in [2.05, 4.69) is 72.5 Å². The zero-order valence-corrected chi connectivity index (χ0v) is 41.9. The average Bonchev–Trinajstić information content (AvgIpc) is 3.87. The van der Waals surface area contributed by atoms with E-state index in [1.54, 1.807) is 60.7 Å². The standard InChI is InChI=1S/C67H54O8/c1-5-9-39-72-65(70)57-37-35-53(43-59(57)63(68)41-47-23-19-45(7-3)20-24-47)74-51-31-27-49(28-32-51)67(61-17-13-11-15-55(61)56-16-12-14-18-62(56)67)50-29-33-52(34-30-50)75-54-36-38-58(66(71)73-40-10-6-2)60(44-54)64(69)42-48-25-21-46(8-4)22-26-48/h3-4,11-38,43-44H,5-6,9-10,39-42H2,1-2H3. The van der Waals surface area contributed by atoms with Crippen LogP contribution in [0.3, 0.4) is 0 Å². The van der Waals surface area contributed by atoms with Gasteiger partial charge in [0.05, 0.1) is 29.8 Å². The number of benzene rings is 8. The van der Waals surface area contributed by atoms with E-state index in [9.17, 15) is 19.2 Å². The van der Waals surface area contributed by atoms with Gasteiger partial charge in [0.2, 0.25) is 0 Å². The third-order valence-corrected chi connectivity index (χ3v) is 13.5. The number of hydrogen-bond acceptors (Lipinski definition) is 8. The van der Waals surface area contributed by atoms with Crippen LogP contribution >= 0.6 is 0 Å². The van der Waals surface area contributed by atoms with Crippen molar-refractivity contribution in [3.8, 4) is 58.8 Å². The smallest absolute Gasteiger partial charge is 0.338 e. The van der Waals surface area contributed by atoms with Crippen molar-refractivity contribution >= 4 is 23.5 Å². The van der Waals surface area contributed by atoms with Crippen molar-refractivity contribution in [1.29, 1.82) is 0 Å². The summed E-state index contributed by atoms with van der Waals surface area (Å²) < 4.78 is 24.0. The molecule has 370 valence electrons. The number of Topliss-reactive ketones (excluding diaryl/α,β-unsaturated/α-hetero) is 2. The van der Waals surface area contributed by atoms with Crippen molar-refractivity contribution in [2.45, 2.75) is 57.8 Å². The van der Waals surface area contributed by atoms with Crippen molar-refractivity contribution in [2.24, 2.45) is 0 Å². The van der Waals surface area contributed by atoms with Crippen molar-refractivity contribution in [3.63, 3.8) is 0 Å². The third kappa shape index (κ3) is 10.9. The molecule has 0 amide bonds. The Morgan fingerprint density at radius 2 is 0.813 bits per heavy atom. The molecule has 8 heteroatoms. The largest absolute Gasteiger partial charge is 0.462 e. The van der Waals surface area contributed by atoms with Gasteiger partial charge < -0.3 is 18.9 Å². The van der Waals surface area contributed by atoms with E-state index in [-0.39, 0.29) is 59.9 Å². The molecule has 0 heterocycles. The number of esters is 2. The number of fused-ring (bicyclic) bond motifs is 3. The molecule has 0 atom stereocenters. The Bertz CT molecular complexity index is 3250. The van der Waals surface area contributed by atoms with Gasteiger partial charge in [-0.2, -0.15) is 0 Å². The van der Waals surface area contributed by atoms with Gasteiger partial charge in [0.1, 0.15) is 23.0 Å². The van der Waals surface area contributed by atoms with E-state index in [4.69, 9.17) is 31.8 Å². The SMILES string of the molecule is C#Cc1ccc(CC(=O)c2cc(Oc3ccc(C4(c5ccc(Oc6ccc(C(=O)OCCCC)c(C(=O)Cc7ccc(C#C)cc7)c6)cc5)c5ccccc5-c5ccccc54)cc3)ccc2C(=O)OCCCC)cc1. The van der Waals surface area contributed by atoms with Gasteiger partial charge in [0.15, 0.2) is 11.6 Å². The monoisotopic (exact) mass is 986 g/mol. The number of carbonyl (C=O) groups is 4. The Balaban J connectivity index is 1.03. The summed E-state index contributed by atoms with van der Waals surface area (Å²) in [6, 6.07) is 56.8. The molecule has 0 aliphatic heterocycles. The van der Waals surface area contributed by atoms with Crippen LogP contribution in [0.1, 0.15) is 125 Å². The summed E-state index contributed by atoms with van der Waals surface area (Å²) in [6.45, 7) is 4.52. The number of ether oxygens (including phenoxy) is 4. The molecule has 1 aliphatic carbocycles. The van der Waals surface area contributed by atoms with Crippen LogP contribution < -0.4 is 9.47 Å². The van der Waals surface area contributed by atoms with Crippen LogP contribution in [0.15, 0.2) is 182 Å². The molecule has 8 aromatic carbocycles. The van der Waals surface area contributed by atoms with Crippen LogP contribution in [0.5, 0.6) is 23.0 Å². The first-order chi connectivity index (χ1) is 36.6. The lowest BCUT2D eigenvalue weighted by Crippen LogP contribution is -2.28. The summed E-state index contributed by atoms with van der Waals surface area (Å²) in [5.41, 5.74) is 9.31. The molecule has 1 aliphatic rings. The molecular formula is C67H54O8. The molecule has 0 aromatic heterocycles. The van der Waals surface area contributed by atoms with Crippen LogP contribution in [0, 0.1) is 24.7 Å². The van der Waals surface area contributed by atoms with Gasteiger partial charge in [-0.05, 0) is 142 Å². The second kappa shape index (κ2) is 23.1. The predicted octanol–water partition coefficient (Wildman–Crippen LogP) is 14.4. The van der Waals surface area contributed by atoms with Crippen LogP contribution in [0.2, 0.25) is 0 Å². The van der Waals surface area contributed by atoms with Crippen LogP contribution in [0.25, 0.3) is 11.1 Å².